The number of benzene rings is 1. The van der Waals surface area contributed by atoms with Crippen LogP contribution in [-0.2, 0) is 14.3 Å². The van der Waals surface area contributed by atoms with E-state index in [2.05, 4.69) is 4.74 Å². The lowest BCUT2D eigenvalue weighted by molar-refractivity contribution is -0.126. The predicted octanol–water partition coefficient (Wildman–Crippen LogP) is 0.763. The molecule has 1 aromatic rings. The van der Waals surface area contributed by atoms with Gasteiger partial charge in [-0.1, -0.05) is 0 Å². The van der Waals surface area contributed by atoms with E-state index in [4.69, 9.17) is 9.47 Å². The number of hydrogen-bond donors (Lipinski definition) is 0. The number of nitrogens with zero attached hydrogens (tertiary/aromatic N) is 2. The van der Waals surface area contributed by atoms with E-state index in [9.17, 15) is 14.4 Å². The second-order valence-corrected chi connectivity index (χ2v) is 6.00. The molecule has 0 spiro atoms. The number of carbonyl (C=O) groups is 3. The Kier molecular flexibility index (Phi) is 5.18. The fraction of sp³-hybridized carbons (Fsp3) is 0.471. The number of likely N-dealkylation sites (tertiary alicyclic amines) is 1. The molecule has 0 saturated carbocycles. The molecule has 0 N–H and O–H groups in total. The van der Waals surface area contributed by atoms with Crippen LogP contribution in [0.3, 0.4) is 0 Å². The first kappa shape index (κ1) is 17.2. The molecule has 3 rings (SSSR count). The van der Waals surface area contributed by atoms with E-state index in [1.54, 1.807) is 36.3 Å². The largest absolute Gasteiger partial charge is 0.491 e. The van der Waals surface area contributed by atoms with Crippen molar-refractivity contribution >= 4 is 17.9 Å². The molecule has 2 heterocycles. The smallest absolute Gasteiger partial charge is 0.417 e. The molecule has 0 unspecified atom stereocenters. The van der Waals surface area contributed by atoms with Crippen LogP contribution in [-0.4, -0.2) is 74.3 Å². The SMILES string of the molecule is COCCOc1ccc(C(=O)N2CC(CN3C(=O)COC3=O)C2)cc1. The van der Waals surface area contributed by atoms with Crippen LogP contribution < -0.4 is 4.74 Å². The summed E-state index contributed by atoms with van der Waals surface area (Å²) in [7, 11) is 1.61. The zero-order valence-electron chi connectivity index (χ0n) is 14.0. The van der Waals surface area contributed by atoms with E-state index in [0.717, 1.165) is 4.90 Å². The summed E-state index contributed by atoms with van der Waals surface area (Å²) in [4.78, 5) is 38.1. The highest BCUT2D eigenvalue weighted by atomic mass is 16.6. The molecule has 0 bridgehead atoms. The van der Waals surface area contributed by atoms with E-state index < -0.39 is 6.09 Å². The maximum Gasteiger partial charge on any atom is 0.417 e. The van der Waals surface area contributed by atoms with Crippen LogP contribution in [0.15, 0.2) is 24.3 Å². The molecule has 2 saturated heterocycles. The molecule has 3 amide bonds. The Hall–Kier alpha value is -2.61. The van der Waals surface area contributed by atoms with Crippen molar-refractivity contribution in [3.63, 3.8) is 0 Å². The molecule has 2 fully saturated rings. The van der Waals surface area contributed by atoms with Gasteiger partial charge in [0, 0.05) is 38.2 Å². The molecule has 8 nitrogen and oxygen atoms in total. The third-order valence-electron chi connectivity index (χ3n) is 4.18. The highest BCUT2D eigenvalue weighted by molar-refractivity contribution is 5.98. The van der Waals surface area contributed by atoms with E-state index in [0.29, 0.717) is 44.2 Å². The van der Waals surface area contributed by atoms with Gasteiger partial charge in [0.2, 0.25) is 0 Å². The molecular weight excluding hydrogens is 328 g/mol. The second kappa shape index (κ2) is 7.52. The standard InChI is InChI=1S/C17H20N2O6/c1-23-6-7-24-14-4-2-13(3-5-14)16(21)18-8-12(9-18)10-19-15(20)11-25-17(19)22/h2-5,12H,6-11H2,1H3. The zero-order chi connectivity index (χ0) is 17.8. The van der Waals surface area contributed by atoms with Gasteiger partial charge < -0.3 is 19.1 Å². The summed E-state index contributed by atoms with van der Waals surface area (Å²) in [5.41, 5.74) is 0.578. The molecule has 0 atom stereocenters. The molecule has 0 radical (unpaired) electrons. The molecule has 2 aliphatic heterocycles. The zero-order valence-corrected chi connectivity index (χ0v) is 14.0. The second-order valence-electron chi connectivity index (χ2n) is 6.00. The summed E-state index contributed by atoms with van der Waals surface area (Å²) in [5, 5.41) is 0. The number of imide groups is 1. The monoisotopic (exact) mass is 348 g/mol. The predicted molar refractivity (Wildman–Crippen MR) is 86.3 cm³/mol. The lowest BCUT2D eigenvalue weighted by Crippen LogP contribution is -2.54. The van der Waals surface area contributed by atoms with E-state index in [1.165, 1.54) is 0 Å². The van der Waals surface area contributed by atoms with Crippen LogP contribution in [0.4, 0.5) is 4.79 Å². The third kappa shape index (κ3) is 3.90. The van der Waals surface area contributed by atoms with E-state index in [1.807, 2.05) is 0 Å². The van der Waals surface area contributed by atoms with Crippen LogP contribution in [0.1, 0.15) is 10.4 Å². The van der Waals surface area contributed by atoms with Crippen molar-refractivity contribution < 1.29 is 28.6 Å². The maximum absolute atomic E-state index is 12.4. The van der Waals surface area contributed by atoms with Crippen LogP contribution in [0, 0.1) is 5.92 Å². The van der Waals surface area contributed by atoms with Crippen molar-refractivity contribution in [1.82, 2.24) is 9.80 Å². The fourth-order valence-corrected chi connectivity index (χ4v) is 2.79. The first-order valence-corrected chi connectivity index (χ1v) is 8.06. The Labute approximate surface area is 145 Å². The van der Waals surface area contributed by atoms with Crippen LogP contribution >= 0.6 is 0 Å². The van der Waals surface area contributed by atoms with Crippen molar-refractivity contribution in [2.24, 2.45) is 5.92 Å². The van der Waals surface area contributed by atoms with Gasteiger partial charge in [-0.25, -0.2) is 9.69 Å². The van der Waals surface area contributed by atoms with E-state index >= 15 is 0 Å². The van der Waals surface area contributed by atoms with E-state index in [-0.39, 0.29) is 24.3 Å². The summed E-state index contributed by atoms with van der Waals surface area (Å²) in [5.74, 6) is 0.380. The van der Waals surface area contributed by atoms with Gasteiger partial charge in [-0.05, 0) is 24.3 Å². The number of rotatable bonds is 7. The summed E-state index contributed by atoms with van der Waals surface area (Å²) in [6, 6.07) is 6.94. The summed E-state index contributed by atoms with van der Waals surface area (Å²) >= 11 is 0. The van der Waals surface area contributed by atoms with Gasteiger partial charge in [-0.2, -0.15) is 0 Å². The summed E-state index contributed by atoms with van der Waals surface area (Å²) in [6.07, 6.45) is -0.598. The van der Waals surface area contributed by atoms with Crippen LogP contribution in [0.5, 0.6) is 5.75 Å². The van der Waals surface area contributed by atoms with Crippen molar-refractivity contribution in [2.75, 3.05) is 46.6 Å². The Bertz CT molecular complexity index is 638. The first-order chi connectivity index (χ1) is 12.1. The molecule has 2 aliphatic rings. The van der Waals surface area contributed by atoms with Crippen molar-refractivity contribution in [2.45, 2.75) is 0 Å². The normalized spacial score (nSPS) is 17.5. The highest BCUT2D eigenvalue weighted by Crippen LogP contribution is 2.22. The molecule has 1 aromatic carbocycles. The van der Waals surface area contributed by atoms with Crippen LogP contribution in [0.2, 0.25) is 0 Å². The van der Waals surface area contributed by atoms with Gasteiger partial charge >= 0.3 is 6.09 Å². The van der Waals surface area contributed by atoms with Crippen molar-refractivity contribution in [3.05, 3.63) is 29.8 Å². The fourth-order valence-electron chi connectivity index (χ4n) is 2.79. The molecule has 0 aliphatic carbocycles. The summed E-state index contributed by atoms with van der Waals surface area (Å²) in [6.45, 7) is 2.10. The number of carbonyl (C=O) groups excluding carboxylic acids is 3. The molecule has 0 aromatic heterocycles. The Morgan fingerprint density at radius 3 is 2.52 bits per heavy atom. The Morgan fingerprint density at radius 1 is 1.20 bits per heavy atom. The van der Waals surface area contributed by atoms with Gasteiger partial charge in [0.1, 0.15) is 12.4 Å². The van der Waals surface area contributed by atoms with Gasteiger partial charge in [0.15, 0.2) is 6.61 Å². The lowest BCUT2D eigenvalue weighted by atomic mass is 9.98. The van der Waals surface area contributed by atoms with Crippen molar-refractivity contribution in [1.29, 1.82) is 0 Å². The molecule has 25 heavy (non-hydrogen) atoms. The minimum Gasteiger partial charge on any atom is -0.491 e. The van der Waals surface area contributed by atoms with Crippen molar-refractivity contribution in [3.8, 4) is 5.75 Å². The number of methoxy groups -OCH3 is 1. The quantitative estimate of drug-likeness (QED) is 0.677. The first-order valence-electron chi connectivity index (χ1n) is 8.06. The van der Waals surface area contributed by atoms with Crippen LogP contribution in [0.25, 0.3) is 0 Å². The highest BCUT2D eigenvalue weighted by Gasteiger charge is 2.38. The topological polar surface area (TPSA) is 85.4 Å². The Balaban J connectivity index is 1.47. The lowest BCUT2D eigenvalue weighted by Gasteiger charge is -2.40. The van der Waals surface area contributed by atoms with Gasteiger partial charge in [0.05, 0.1) is 6.61 Å². The number of cyclic esters (lactones) is 1. The molecule has 134 valence electrons. The van der Waals surface area contributed by atoms with Gasteiger partial charge in [-0.15, -0.1) is 0 Å². The molecular formula is C17H20N2O6. The Morgan fingerprint density at radius 2 is 1.92 bits per heavy atom. The maximum atomic E-state index is 12.4. The number of hydrogen-bond acceptors (Lipinski definition) is 6. The van der Waals surface area contributed by atoms with Gasteiger partial charge in [0.25, 0.3) is 11.8 Å². The number of ether oxygens (including phenoxy) is 3. The number of amides is 3. The summed E-state index contributed by atoms with van der Waals surface area (Å²) < 4.78 is 15.0. The van der Waals surface area contributed by atoms with Gasteiger partial charge in [-0.3, -0.25) is 9.59 Å². The molecule has 8 heteroatoms. The average Bonchev–Trinajstić information content (AvgIpc) is 2.89. The minimum absolute atomic E-state index is 0.0741. The third-order valence-corrected chi connectivity index (χ3v) is 4.18. The minimum atomic E-state index is -0.598. The average molecular weight is 348 g/mol.